The first-order valence-corrected chi connectivity index (χ1v) is 7.90. The third-order valence-corrected chi connectivity index (χ3v) is 4.45. The number of rotatable bonds is 2. The minimum atomic E-state index is -4.69. The normalized spacial score (nSPS) is 12.7. The molecular weight excluding hydrogens is 310 g/mol. The zero-order chi connectivity index (χ0) is 15.3. The Labute approximate surface area is 114 Å². The first kappa shape index (κ1) is 14.5. The van der Waals surface area contributed by atoms with E-state index in [9.17, 15) is 21.9 Å². The quantitative estimate of drug-likeness (QED) is 0.356. The molecule has 2 aromatic rings. The van der Waals surface area contributed by atoms with Gasteiger partial charge in [0.15, 0.2) is 0 Å². The van der Waals surface area contributed by atoms with Gasteiger partial charge in [-0.1, -0.05) is 12.1 Å². The summed E-state index contributed by atoms with van der Waals surface area (Å²) in [4.78, 5) is -1.38. The molecule has 0 saturated carbocycles. The summed E-state index contributed by atoms with van der Waals surface area (Å²) in [7, 11) is -9.34. The Morgan fingerprint density at radius 1 is 0.950 bits per heavy atom. The standard InChI is InChI=1S/C10H9NO7S2/c11-9-7(20(16,17)18)4-5-2-1-3-6(19(13,14)15)8(5)10(9)12/h1-4,12H,11H2,(H,13,14,15)(H,16,17,18). The van der Waals surface area contributed by atoms with Gasteiger partial charge >= 0.3 is 0 Å². The van der Waals surface area contributed by atoms with Crippen LogP contribution in [-0.4, -0.2) is 31.0 Å². The highest BCUT2D eigenvalue weighted by Gasteiger charge is 2.23. The minimum Gasteiger partial charge on any atom is -0.505 e. The van der Waals surface area contributed by atoms with E-state index in [0.29, 0.717) is 0 Å². The number of hydrogen-bond donors (Lipinski definition) is 4. The molecule has 2 aromatic carbocycles. The molecule has 0 heterocycles. The number of benzene rings is 2. The summed E-state index contributed by atoms with van der Waals surface area (Å²) in [5.41, 5.74) is 4.67. The molecule has 0 bridgehead atoms. The number of hydrogen-bond acceptors (Lipinski definition) is 6. The van der Waals surface area contributed by atoms with Gasteiger partial charge in [-0.25, -0.2) is 0 Å². The molecule has 0 radical (unpaired) electrons. The summed E-state index contributed by atoms with van der Waals surface area (Å²) < 4.78 is 62.8. The average Bonchev–Trinajstić information content (AvgIpc) is 2.30. The number of phenolic OH excluding ortho intramolecular Hbond substituents is 1. The van der Waals surface area contributed by atoms with Crippen LogP contribution in [0.1, 0.15) is 0 Å². The topological polar surface area (TPSA) is 155 Å². The van der Waals surface area contributed by atoms with Crippen molar-refractivity contribution in [3.63, 3.8) is 0 Å². The molecule has 0 aliphatic heterocycles. The van der Waals surface area contributed by atoms with E-state index in [-0.39, 0.29) is 10.8 Å². The molecule has 0 saturated heterocycles. The Hall–Kier alpha value is -1.88. The molecule has 20 heavy (non-hydrogen) atoms. The molecule has 0 atom stereocenters. The summed E-state index contributed by atoms with van der Waals surface area (Å²) in [5.74, 6) is -0.858. The summed E-state index contributed by atoms with van der Waals surface area (Å²) in [6, 6.07) is 4.44. The second-order valence-electron chi connectivity index (χ2n) is 3.94. The fourth-order valence-corrected chi connectivity index (χ4v) is 3.19. The van der Waals surface area contributed by atoms with E-state index in [1.165, 1.54) is 12.1 Å². The number of anilines is 1. The third-order valence-electron chi connectivity index (χ3n) is 2.66. The van der Waals surface area contributed by atoms with E-state index in [4.69, 9.17) is 14.8 Å². The summed E-state index contributed by atoms with van der Waals surface area (Å²) in [5, 5.41) is 9.51. The fraction of sp³-hybridized carbons (Fsp3) is 0. The molecule has 5 N–H and O–H groups in total. The lowest BCUT2D eigenvalue weighted by Gasteiger charge is -2.11. The Kier molecular flexibility index (Phi) is 3.13. The van der Waals surface area contributed by atoms with Crippen LogP contribution in [0.3, 0.4) is 0 Å². The number of nitrogens with two attached hydrogens (primary N) is 1. The van der Waals surface area contributed by atoms with Gasteiger partial charge in [-0.3, -0.25) is 9.11 Å². The van der Waals surface area contributed by atoms with Crippen LogP contribution < -0.4 is 5.73 Å². The van der Waals surface area contributed by atoms with Crippen molar-refractivity contribution in [2.45, 2.75) is 9.79 Å². The molecule has 0 aliphatic carbocycles. The summed E-state index contributed by atoms with van der Waals surface area (Å²) >= 11 is 0. The second-order valence-corrected chi connectivity index (χ2v) is 6.72. The zero-order valence-corrected chi connectivity index (χ0v) is 11.3. The van der Waals surface area contributed by atoms with Gasteiger partial charge in [-0.05, 0) is 17.5 Å². The van der Waals surface area contributed by atoms with Crippen LogP contribution in [-0.2, 0) is 20.2 Å². The highest BCUT2D eigenvalue weighted by atomic mass is 32.2. The zero-order valence-electron chi connectivity index (χ0n) is 9.68. The van der Waals surface area contributed by atoms with E-state index in [2.05, 4.69) is 0 Å². The van der Waals surface area contributed by atoms with Crippen LogP contribution in [0, 0.1) is 0 Å². The number of phenols is 1. The van der Waals surface area contributed by atoms with Crippen LogP contribution in [0.15, 0.2) is 34.1 Å². The van der Waals surface area contributed by atoms with Gasteiger partial charge in [0.1, 0.15) is 15.5 Å². The van der Waals surface area contributed by atoms with E-state index in [1.807, 2.05) is 0 Å². The fourth-order valence-electron chi connectivity index (χ4n) is 1.82. The Balaban J connectivity index is 3.07. The van der Waals surface area contributed by atoms with Crippen molar-refractivity contribution in [1.29, 1.82) is 0 Å². The lowest BCUT2D eigenvalue weighted by atomic mass is 10.1. The monoisotopic (exact) mass is 319 g/mol. The highest BCUT2D eigenvalue weighted by molar-refractivity contribution is 7.86. The van der Waals surface area contributed by atoms with Crippen LogP contribution in [0.25, 0.3) is 10.8 Å². The third kappa shape index (κ3) is 2.29. The molecule has 2 rings (SSSR count). The Bertz CT molecular complexity index is 916. The maximum atomic E-state index is 11.2. The van der Waals surface area contributed by atoms with Crippen LogP contribution in [0.2, 0.25) is 0 Å². The van der Waals surface area contributed by atoms with Gasteiger partial charge in [0, 0.05) is 5.39 Å². The number of nitrogen functional groups attached to an aromatic ring is 1. The lowest BCUT2D eigenvalue weighted by Crippen LogP contribution is -2.05. The Morgan fingerprint density at radius 2 is 1.50 bits per heavy atom. The van der Waals surface area contributed by atoms with Gasteiger partial charge in [0.25, 0.3) is 20.2 Å². The maximum Gasteiger partial charge on any atom is 0.296 e. The van der Waals surface area contributed by atoms with Crippen molar-refractivity contribution >= 4 is 36.7 Å². The van der Waals surface area contributed by atoms with E-state index < -0.39 is 41.5 Å². The second kappa shape index (κ2) is 4.31. The highest BCUT2D eigenvalue weighted by Crippen LogP contribution is 2.39. The molecule has 0 fully saturated rings. The summed E-state index contributed by atoms with van der Waals surface area (Å²) in [6.07, 6.45) is 0. The van der Waals surface area contributed by atoms with E-state index >= 15 is 0 Å². The van der Waals surface area contributed by atoms with Crippen molar-refractivity contribution in [3.05, 3.63) is 24.3 Å². The summed E-state index contributed by atoms with van der Waals surface area (Å²) in [6.45, 7) is 0. The number of fused-ring (bicyclic) bond motifs is 1. The number of aromatic hydroxyl groups is 1. The van der Waals surface area contributed by atoms with Crippen molar-refractivity contribution in [2.24, 2.45) is 0 Å². The lowest BCUT2D eigenvalue weighted by molar-refractivity contribution is 0.471. The van der Waals surface area contributed by atoms with Gasteiger partial charge in [0.05, 0.1) is 5.69 Å². The van der Waals surface area contributed by atoms with Gasteiger partial charge in [0.2, 0.25) is 0 Å². The smallest absolute Gasteiger partial charge is 0.296 e. The predicted molar refractivity (Wildman–Crippen MR) is 69.7 cm³/mol. The minimum absolute atomic E-state index is 0.0283. The van der Waals surface area contributed by atoms with Crippen molar-refractivity contribution in [1.82, 2.24) is 0 Å². The molecule has 0 aromatic heterocycles. The molecule has 108 valence electrons. The van der Waals surface area contributed by atoms with Crippen LogP contribution in [0.4, 0.5) is 5.69 Å². The van der Waals surface area contributed by atoms with Crippen molar-refractivity contribution < 1.29 is 31.0 Å². The van der Waals surface area contributed by atoms with Crippen molar-refractivity contribution in [3.8, 4) is 5.75 Å². The molecule has 0 aliphatic rings. The first-order chi connectivity index (χ1) is 9.03. The molecule has 0 amide bonds. The largest absolute Gasteiger partial charge is 0.505 e. The maximum absolute atomic E-state index is 11.2. The first-order valence-electron chi connectivity index (χ1n) is 5.02. The molecule has 0 unspecified atom stereocenters. The predicted octanol–water partition coefficient (Wildman–Crippen LogP) is 0.621. The van der Waals surface area contributed by atoms with E-state index in [1.54, 1.807) is 0 Å². The van der Waals surface area contributed by atoms with Gasteiger partial charge in [-0.15, -0.1) is 0 Å². The van der Waals surface area contributed by atoms with E-state index in [0.717, 1.165) is 12.1 Å². The molecular formula is C10H9NO7S2. The molecule has 0 spiro atoms. The van der Waals surface area contributed by atoms with Gasteiger partial charge < -0.3 is 10.8 Å². The molecule has 8 nitrogen and oxygen atoms in total. The Morgan fingerprint density at radius 3 is 2.00 bits per heavy atom. The SMILES string of the molecule is Nc1c(S(=O)(=O)O)cc2cccc(S(=O)(=O)O)c2c1O. The van der Waals surface area contributed by atoms with Crippen LogP contribution in [0.5, 0.6) is 5.75 Å². The van der Waals surface area contributed by atoms with Crippen LogP contribution >= 0.6 is 0 Å². The average molecular weight is 319 g/mol. The van der Waals surface area contributed by atoms with Crippen molar-refractivity contribution in [2.75, 3.05) is 5.73 Å². The van der Waals surface area contributed by atoms with Gasteiger partial charge in [-0.2, -0.15) is 16.8 Å². The molecule has 10 heteroatoms.